The SMILES string of the molecule is Cc1noc(C)c1S(=O)(=O)NC(=O)/C=C/c1ccc(OC(C)C)cc1. The molecule has 0 saturated heterocycles. The van der Waals surface area contributed by atoms with Gasteiger partial charge < -0.3 is 9.26 Å². The van der Waals surface area contributed by atoms with Gasteiger partial charge in [0.15, 0.2) is 10.7 Å². The lowest BCUT2D eigenvalue weighted by Crippen LogP contribution is -2.29. The molecule has 1 amide bonds. The van der Waals surface area contributed by atoms with Gasteiger partial charge in [-0.1, -0.05) is 17.3 Å². The molecule has 0 fully saturated rings. The maximum Gasteiger partial charge on any atom is 0.269 e. The fourth-order valence-corrected chi connectivity index (χ4v) is 3.45. The normalized spacial score (nSPS) is 11.9. The van der Waals surface area contributed by atoms with Gasteiger partial charge in [-0.25, -0.2) is 13.1 Å². The van der Waals surface area contributed by atoms with E-state index in [0.717, 1.165) is 17.4 Å². The van der Waals surface area contributed by atoms with Crippen LogP contribution in [0.4, 0.5) is 0 Å². The Morgan fingerprint density at radius 2 is 1.88 bits per heavy atom. The van der Waals surface area contributed by atoms with Crippen LogP contribution in [0.3, 0.4) is 0 Å². The van der Waals surface area contributed by atoms with E-state index in [1.54, 1.807) is 24.3 Å². The molecule has 0 spiro atoms. The van der Waals surface area contributed by atoms with Crippen molar-refractivity contribution in [2.24, 2.45) is 0 Å². The molecule has 7 nitrogen and oxygen atoms in total. The Hall–Kier alpha value is -2.61. The van der Waals surface area contributed by atoms with Gasteiger partial charge in [0.25, 0.3) is 15.9 Å². The Balaban J connectivity index is 2.05. The summed E-state index contributed by atoms with van der Waals surface area (Å²) >= 11 is 0. The van der Waals surface area contributed by atoms with Gasteiger partial charge in [-0.3, -0.25) is 4.79 Å². The molecule has 1 N–H and O–H groups in total. The maximum absolute atomic E-state index is 12.2. The lowest BCUT2D eigenvalue weighted by atomic mass is 10.2. The summed E-state index contributed by atoms with van der Waals surface area (Å²) in [6.07, 6.45) is 2.73. The highest BCUT2D eigenvalue weighted by atomic mass is 32.2. The van der Waals surface area contributed by atoms with E-state index in [1.165, 1.54) is 19.9 Å². The number of nitrogens with zero attached hydrogens (tertiary/aromatic N) is 1. The lowest BCUT2D eigenvalue weighted by Gasteiger charge is -2.09. The van der Waals surface area contributed by atoms with E-state index in [2.05, 4.69) is 5.16 Å². The molecule has 1 aromatic heterocycles. The third-order valence-electron chi connectivity index (χ3n) is 3.15. The van der Waals surface area contributed by atoms with Crippen molar-refractivity contribution in [3.63, 3.8) is 0 Å². The number of carbonyl (C=O) groups excluding carboxylic acids is 1. The summed E-state index contributed by atoms with van der Waals surface area (Å²) in [5, 5.41) is 3.58. The Kier molecular flexibility index (Phi) is 5.63. The van der Waals surface area contributed by atoms with Crippen molar-refractivity contribution in [3.05, 3.63) is 47.4 Å². The van der Waals surface area contributed by atoms with Crippen LogP contribution in [0.5, 0.6) is 5.75 Å². The predicted octanol–water partition coefficient (Wildman–Crippen LogP) is 2.60. The number of ether oxygens (including phenoxy) is 1. The minimum Gasteiger partial charge on any atom is -0.491 e. The minimum absolute atomic E-state index is 0.0710. The van der Waals surface area contributed by atoms with E-state index in [0.29, 0.717) is 0 Å². The van der Waals surface area contributed by atoms with Gasteiger partial charge in [0.05, 0.1) is 6.10 Å². The maximum atomic E-state index is 12.2. The monoisotopic (exact) mass is 364 g/mol. The van der Waals surface area contributed by atoms with E-state index >= 15 is 0 Å². The summed E-state index contributed by atoms with van der Waals surface area (Å²) in [6, 6.07) is 7.09. The van der Waals surface area contributed by atoms with Crippen molar-refractivity contribution in [3.8, 4) is 5.75 Å². The van der Waals surface area contributed by atoms with Crippen LogP contribution >= 0.6 is 0 Å². The highest BCUT2D eigenvalue weighted by Crippen LogP contribution is 2.18. The molecule has 0 aliphatic rings. The van der Waals surface area contributed by atoms with E-state index in [-0.39, 0.29) is 22.5 Å². The Bertz CT molecular complexity index is 861. The molecular weight excluding hydrogens is 344 g/mol. The highest BCUT2D eigenvalue weighted by Gasteiger charge is 2.25. The topological polar surface area (TPSA) is 98.5 Å². The largest absolute Gasteiger partial charge is 0.491 e. The van der Waals surface area contributed by atoms with Gasteiger partial charge >= 0.3 is 0 Å². The average Bonchev–Trinajstić information content (AvgIpc) is 2.85. The molecule has 1 heterocycles. The first kappa shape index (κ1) is 18.7. The first-order valence-corrected chi connectivity index (χ1v) is 9.12. The predicted molar refractivity (Wildman–Crippen MR) is 92.5 cm³/mol. The molecule has 0 unspecified atom stereocenters. The third kappa shape index (κ3) is 4.93. The number of benzene rings is 1. The van der Waals surface area contributed by atoms with Gasteiger partial charge in [0.2, 0.25) is 0 Å². The summed E-state index contributed by atoms with van der Waals surface area (Å²) < 4.78 is 36.8. The number of hydrogen-bond donors (Lipinski definition) is 1. The molecular formula is C17H20N2O5S. The lowest BCUT2D eigenvalue weighted by molar-refractivity contribution is -0.114. The van der Waals surface area contributed by atoms with Crippen molar-refractivity contribution < 1.29 is 22.5 Å². The van der Waals surface area contributed by atoms with Gasteiger partial charge in [0.1, 0.15) is 11.4 Å². The summed E-state index contributed by atoms with van der Waals surface area (Å²) in [7, 11) is -4.03. The van der Waals surface area contributed by atoms with Crippen molar-refractivity contribution >= 4 is 22.0 Å². The van der Waals surface area contributed by atoms with Crippen LogP contribution < -0.4 is 9.46 Å². The molecule has 2 rings (SSSR count). The van der Waals surface area contributed by atoms with Gasteiger partial charge in [0, 0.05) is 6.08 Å². The van der Waals surface area contributed by atoms with Gasteiger partial charge in [-0.15, -0.1) is 0 Å². The van der Waals surface area contributed by atoms with Crippen LogP contribution in [-0.4, -0.2) is 25.6 Å². The molecule has 0 saturated carbocycles. The molecule has 134 valence electrons. The van der Waals surface area contributed by atoms with Gasteiger partial charge in [-0.05, 0) is 51.5 Å². The summed E-state index contributed by atoms with van der Waals surface area (Å²) in [5.74, 6) is 0.0858. The number of carbonyl (C=O) groups is 1. The third-order valence-corrected chi connectivity index (χ3v) is 4.74. The van der Waals surface area contributed by atoms with Crippen LogP contribution in [0.2, 0.25) is 0 Å². The van der Waals surface area contributed by atoms with Crippen LogP contribution in [0.1, 0.15) is 30.9 Å². The molecule has 0 aliphatic carbocycles. The van der Waals surface area contributed by atoms with E-state index < -0.39 is 15.9 Å². The molecule has 0 atom stereocenters. The van der Waals surface area contributed by atoms with Crippen molar-refractivity contribution in [2.75, 3.05) is 0 Å². The average molecular weight is 364 g/mol. The van der Waals surface area contributed by atoms with Gasteiger partial charge in [-0.2, -0.15) is 0 Å². The number of rotatable bonds is 6. The first-order chi connectivity index (χ1) is 11.7. The second-order valence-electron chi connectivity index (χ2n) is 5.69. The smallest absolute Gasteiger partial charge is 0.269 e. The number of nitrogens with one attached hydrogen (secondary N) is 1. The minimum atomic E-state index is -4.03. The number of aryl methyl sites for hydroxylation is 2. The summed E-state index contributed by atoms with van der Waals surface area (Å²) in [5.41, 5.74) is 0.934. The standard InChI is InChI=1S/C17H20N2O5S/c1-11(2)23-15-8-5-14(6-9-15)7-10-16(20)19-25(21,22)17-12(3)18-24-13(17)4/h5-11H,1-4H3,(H,19,20)/b10-7+. The first-order valence-electron chi connectivity index (χ1n) is 7.63. The molecule has 8 heteroatoms. The van der Waals surface area contributed by atoms with Crippen LogP contribution in [0.15, 0.2) is 39.8 Å². The van der Waals surface area contributed by atoms with Crippen LogP contribution in [0.25, 0.3) is 6.08 Å². The van der Waals surface area contributed by atoms with Crippen LogP contribution in [0, 0.1) is 13.8 Å². The van der Waals surface area contributed by atoms with E-state index in [1.807, 2.05) is 18.6 Å². The van der Waals surface area contributed by atoms with E-state index in [9.17, 15) is 13.2 Å². The number of sulfonamides is 1. The molecule has 25 heavy (non-hydrogen) atoms. The molecule has 1 aromatic carbocycles. The zero-order valence-electron chi connectivity index (χ0n) is 14.4. The fraction of sp³-hybridized carbons (Fsp3) is 0.294. The second-order valence-corrected chi connectivity index (χ2v) is 7.31. The summed E-state index contributed by atoms with van der Waals surface area (Å²) in [6.45, 7) is 6.82. The second kappa shape index (κ2) is 7.52. The number of aromatic nitrogens is 1. The molecule has 0 radical (unpaired) electrons. The molecule has 0 bridgehead atoms. The number of hydrogen-bond acceptors (Lipinski definition) is 6. The Morgan fingerprint density at radius 1 is 1.24 bits per heavy atom. The zero-order chi connectivity index (χ0) is 18.6. The van der Waals surface area contributed by atoms with E-state index in [4.69, 9.17) is 9.26 Å². The van der Waals surface area contributed by atoms with Crippen molar-refractivity contribution in [2.45, 2.75) is 38.7 Å². The summed E-state index contributed by atoms with van der Waals surface area (Å²) in [4.78, 5) is 11.8. The Morgan fingerprint density at radius 3 is 2.40 bits per heavy atom. The number of amides is 1. The quantitative estimate of drug-likeness (QED) is 0.791. The highest BCUT2D eigenvalue weighted by molar-refractivity contribution is 7.90. The Labute approximate surface area is 146 Å². The molecule has 2 aromatic rings. The van der Waals surface area contributed by atoms with Crippen LogP contribution in [-0.2, 0) is 14.8 Å². The van der Waals surface area contributed by atoms with Crippen molar-refractivity contribution in [1.82, 2.24) is 9.88 Å². The fourth-order valence-electron chi connectivity index (χ4n) is 2.18. The zero-order valence-corrected chi connectivity index (χ0v) is 15.3. The molecule has 0 aliphatic heterocycles. The van der Waals surface area contributed by atoms with Crippen molar-refractivity contribution in [1.29, 1.82) is 0 Å².